The first kappa shape index (κ1) is 18.4. The Hall–Kier alpha value is -3.93. The van der Waals surface area contributed by atoms with E-state index < -0.39 is 0 Å². The van der Waals surface area contributed by atoms with Gasteiger partial charge in [-0.3, -0.25) is 9.78 Å². The fourth-order valence-electron chi connectivity index (χ4n) is 3.09. The largest absolute Gasteiger partial charge is 0.384 e. The summed E-state index contributed by atoms with van der Waals surface area (Å²) in [6, 6.07) is 20.9. The van der Waals surface area contributed by atoms with Gasteiger partial charge in [0, 0.05) is 36.1 Å². The van der Waals surface area contributed by atoms with Gasteiger partial charge in [0.2, 0.25) is 0 Å². The van der Waals surface area contributed by atoms with Crippen molar-refractivity contribution in [1.29, 1.82) is 0 Å². The smallest absolute Gasteiger partial charge is 0.251 e. The number of anilines is 1. The van der Waals surface area contributed by atoms with Crippen molar-refractivity contribution < 1.29 is 4.79 Å². The maximum atomic E-state index is 12.4. The molecule has 6 heteroatoms. The molecule has 3 N–H and O–H groups in total. The Bertz CT molecular complexity index is 1130. The van der Waals surface area contributed by atoms with Crippen LogP contribution in [0.4, 0.5) is 5.82 Å². The van der Waals surface area contributed by atoms with Gasteiger partial charge >= 0.3 is 0 Å². The van der Waals surface area contributed by atoms with Crippen LogP contribution < -0.4 is 11.1 Å². The van der Waals surface area contributed by atoms with Crippen LogP contribution in [-0.4, -0.2) is 20.7 Å². The van der Waals surface area contributed by atoms with E-state index in [1.807, 2.05) is 55.5 Å². The first-order valence-electron chi connectivity index (χ1n) is 9.30. The Morgan fingerprint density at radius 3 is 2.52 bits per heavy atom. The zero-order valence-corrected chi connectivity index (χ0v) is 16.0. The third kappa shape index (κ3) is 4.16. The summed E-state index contributed by atoms with van der Waals surface area (Å²) >= 11 is 0. The van der Waals surface area contributed by atoms with Crippen molar-refractivity contribution >= 4 is 11.7 Å². The van der Waals surface area contributed by atoms with E-state index in [1.165, 1.54) is 0 Å². The molecule has 2 heterocycles. The number of nitrogen functional groups attached to an aromatic ring is 1. The number of pyridine rings is 1. The van der Waals surface area contributed by atoms with Crippen LogP contribution in [0.2, 0.25) is 0 Å². The van der Waals surface area contributed by atoms with Crippen LogP contribution in [0.25, 0.3) is 16.9 Å². The quantitative estimate of drug-likeness (QED) is 0.549. The molecule has 2 aromatic carbocycles. The summed E-state index contributed by atoms with van der Waals surface area (Å²) in [5.74, 6) is 0.402. The van der Waals surface area contributed by atoms with Gasteiger partial charge in [-0.25, -0.2) is 4.68 Å². The number of carbonyl (C=O) groups excluding carboxylic acids is 1. The summed E-state index contributed by atoms with van der Waals surface area (Å²) in [7, 11) is 0. The molecular weight excluding hydrogens is 362 g/mol. The number of aryl methyl sites for hydroxylation is 1. The molecule has 144 valence electrons. The molecule has 0 spiro atoms. The standard InChI is InChI=1S/C23H21N5O/c1-16-3-2-4-19(13-16)21-14-22(24)28(27-21)20-7-5-18(6-8-20)23(29)26-15-17-9-11-25-12-10-17/h2-14H,15,24H2,1H3,(H,26,29). The summed E-state index contributed by atoms with van der Waals surface area (Å²) < 4.78 is 1.68. The Morgan fingerprint density at radius 2 is 1.79 bits per heavy atom. The van der Waals surface area contributed by atoms with Crippen molar-refractivity contribution in [2.75, 3.05) is 5.73 Å². The lowest BCUT2D eigenvalue weighted by Crippen LogP contribution is -2.22. The highest BCUT2D eigenvalue weighted by Gasteiger charge is 2.11. The number of carbonyl (C=O) groups is 1. The van der Waals surface area contributed by atoms with E-state index in [2.05, 4.69) is 21.5 Å². The minimum atomic E-state index is -0.137. The van der Waals surface area contributed by atoms with E-state index >= 15 is 0 Å². The first-order chi connectivity index (χ1) is 14.1. The molecule has 4 rings (SSSR count). The lowest BCUT2D eigenvalue weighted by atomic mass is 10.1. The molecule has 0 fully saturated rings. The Labute approximate surface area is 169 Å². The molecule has 0 atom stereocenters. The zero-order chi connectivity index (χ0) is 20.2. The van der Waals surface area contributed by atoms with Gasteiger partial charge in [0.25, 0.3) is 5.91 Å². The number of nitrogens with one attached hydrogen (secondary N) is 1. The molecule has 1 amide bonds. The van der Waals surface area contributed by atoms with Crippen LogP contribution in [0.3, 0.4) is 0 Å². The number of hydrogen-bond donors (Lipinski definition) is 2. The van der Waals surface area contributed by atoms with Crippen molar-refractivity contribution in [3.05, 3.63) is 95.8 Å². The monoisotopic (exact) mass is 383 g/mol. The van der Waals surface area contributed by atoms with Crippen LogP contribution in [0, 0.1) is 6.92 Å². The molecule has 6 nitrogen and oxygen atoms in total. The second-order valence-corrected chi connectivity index (χ2v) is 6.82. The molecule has 0 radical (unpaired) electrons. The van der Waals surface area contributed by atoms with Crippen LogP contribution in [0.1, 0.15) is 21.5 Å². The molecule has 0 aliphatic heterocycles. The SMILES string of the molecule is Cc1cccc(-c2cc(N)n(-c3ccc(C(=O)NCc4ccncc4)cc3)n2)c1. The Kier molecular flexibility index (Phi) is 5.07. The molecule has 0 aliphatic rings. The average molecular weight is 383 g/mol. The summed E-state index contributed by atoms with van der Waals surface area (Å²) in [6.07, 6.45) is 3.41. The number of hydrogen-bond acceptors (Lipinski definition) is 4. The van der Waals surface area contributed by atoms with Crippen LogP contribution in [-0.2, 0) is 6.54 Å². The van der Waals surface area contributed by atoms with Gasteiger partial charge in [-0.15, -0.1) is 0 Å². The zero-order valence-electron chi connectivity index (χ0n) is 16.0. The Balaban J connectivity index is 1.50. The molecule has 29 heavy (non-hydrogen) atoms. The lowest BCUT2D eigenvalue weighted by molar-refractivity contribution is 0.0951. The fraction of sp³-hybridized carbons (Fsp3) is 0.0870. The van der Waals surface area contributed by atoms with Gasteiger partial charge in [0.05, 0.1) is 11.4 Å². The van der Waals surface area contributed by atoms with E-state index in [1.54, 1.807) is 29.2 Å². The number of benzene rings is 2. The molecule has 0 saturated heterocycles. The summed E-state index contributed by atoms with van der Waals surface area (Å²) in [5, 5.41) is 7.53. The van der Waals surface area contributed by atoms with Crippen LogP contribution in [0.15, 0.2) is 79.1 Å². The molecule has 4 aromatic rings. The highest BCUT2D eigenvalue weighted by Crippen LogP contribution is 2.24. The lowest BCUT2D eigenvalue weighted by Gasteiger charge is -2.07. The highest BCUT2D eigenvalue weighted by molar-refractivity contribution is 5.94. The molecule has 2 aromatic heterocycles. The van der Waals surface area contributed by atoms with Gasteiger partial charge < -0.3 is 11.1 Å². The van der Waals surface area contributed by atoms with Gasteiger partial charge in [-0.05, 0) is 55.0 Å². The van der Waals surface area contributed by atoms with Gasteiger partial charge in [-0.1, -0.05) is 23.8 Å². The maximum absolute atomic E-state index is 12.4. The third-order valence-corrected chi connectivity index (χ3v) is 4.63. The average Bonchev–Trinajstić information content (AvgIpc) is 3.14. The summed E-state index contributed by atoms with van der Waals surface area (Å²) in [5.41, 5.74) is 11.5. The molecule has 0 aliphatic carbocycles. The third-order valence-electron chi connectivity index (χ3n) is 4.63. The Morgan fingerprint density at radius 1 is 1.03 bits per heavy atom. The van der Waals surface area contributed by atoms with Crippen molar-refractivity contribution in [3.8, 4) is 16.9 Å². The van der Waals surface area contributed by atoms with E-state index in [0.717, 1.165) is 28.1 Å². The van der Waals surface area contributed by atoms with Crippen molar-refractivity contribution in [3.63, 3.8) is 0 Å². The van der Waals surface area contributed by atoms with Crippen LogP contribution in [0.5, 0.6) is 0 Å². The van der Waals surface area contributed by atoms with Gasteiger partial charge in [-0.2, -0.15) is 5.10 Å². The van der Waals surface area contributed by atoms with Crippen molar-refractivity contribution in [2.24, 2.45) is 0 Å². The summed E-state index contributed by atoms with van der Waals surface area (Å²) in [6.45, 7) is 2.50. The van der Waals surface area contributed by atoms with Crippen LogP contribution >= 0.6 is 0 Å². The first-order valence-corrected chi connectivity index (χ1v) is 9.30. The highest BCUT2D eigenvalue weighted by atomic mass is 16.1. The van der Waals surface area contributed by atoms with E-state index in [0.29, 0.717) is 17.9 Å². The van der Waals surface area contributed by atoms with E-state index in [-0.39, 0.29) is 5.91 Å². The summed E-state index contributed by atoms with van der Waals surface area (Å²) in [4.78, 5) is 16.4. The predicted octanol–water partition coefficient (Wildman–Crippen LogP) is 3.75. The number of aromatic nitrogens is 3. The minimum Gasteiger partial charge on any atom is -0.384 e. The fourth-order valence-corrected chi connectivity index (χ4v) is 3.09. The second-order valence-electron chi connectivity index (χ2n) is 6.82. The normalized spacial score (nSPS) is 10.7. The molecule has 0 saturated carbocycles. The molecule has 0 unspecified atom stereocenters. The van der Waals surface area contributed by atoms with E-state index in [9.17, 15) is 4.79 Å². The second kappa shape index (κ2) is 7.98. The van der Waals surface area contributed by atoms with Gasteiger partial charge in [0.1, 0.15) is 5.82 Å². The topological polar surface area (TPSA) is 85.8 Å². The predicted molar refractivity (Wildman–Crippen MR) is 114 cm³/mol. The number of nitrogens with two attached hydrogens (primary N) is 1. The minimum absolute atomic E-state index is 0.137. The molecule has 0 bridgehead atoms. The maximum Gasteiger partial charge on any atom is 0.251 e. The number of nitrogens with zero attached hydrogens (tertiary/aromatic N) is 3. The number of rotatable bonds is 5. The van der Waals surface area contributed by atoms with E-state index in [4.69, 9.17) is 5.73 Å². The van der Waals surface area contributed by atoms with Crippen molar-refractivity contribution in [2.45, 2.75) is 13.5 Å². The molecular formula is C23H21N5O. The van der Waals surface area contributed by atoms with Crippen molar-refractivity contribution in [1.82, 2.24) is 20.1 Å². The van der Waals surface area contributed by atoms with Gasteiger partial charge in [0.15, 0.2) is 0 Å². The number of amides is 1.